The molecule has 0 bridgehead atoms. The van der Waals surface area contributed by atoms with E-state index in [0.717, 1.165) is 37.3 Å². The number of nitrogens with two attached hydrogens (primary N) is 1. The minimum Gasteiger partial charge on any atom is -0.384 e. The van der Waals surface area contributed by atoms with Gasteiger partial charge in [0.2, 0.25) is 0 Å². The van der Waals surface area contributed by atoms with Gasteiger partial charge in [0.15, 0.2) is 0 Å². The van der Waals surface area contributed by atoms with E-state index in [4.69, 9.17) is 10.8 Å². The highest BCUT2D eigenvalue weighted by Crippen LogP contribution is 2.38. The summed E-state index contributed by atoms with van der Waals surface area (Å²) in [5, 5.41) is 7.80. The number of nitrogens with one attached hydrogen (secondary N) is 1. The highest BCUT2D eigenvalue weighted by atomic mass is 16.2. The Labute approximate surface area is 138 Å². The molecule has 1 saturated carbocycles. The summed E-state index contributed by atoms with van der Waals surface area (Å²) in [5.74, 6) is 1.11. The molecule has 128 valence electrons. The summed E-state index contributed by atoms with van der Waals surface area (Å²) < 4.78 is 1.90. The lowest BCUT2D eigenvalue weighted by Gasteiger charge is -2.24. The average molecular weight is 319 g/mol. The molecule has 6 heteroatoms. The van der Waals surface area contributed by atoms with Crippen LogP contribution in [-0.4, -0.2) is 38.8 Å². The van der Waals surface area contributed by atoms with E-state index in [1.165, 1.54) is 0 Å². The van der Waals surface area contributed by atoms with E-state index in [0.29, 0.717) is 12.0 Å². The van der Waals surface area contributed by atoms with Crippen LogP contribution in [0, 0.1) is 0 Å². The second-order valence-corrected chi connectivity index (χ2v) is 8.68. The normalized spacial score (nSPS) is 27.5. The monoisotopic (exact) mass is 319 g/mol. The molecule has 1 saturated heterocycles. The third kappa shape index (κ3) is 3.03. The Morgan fingerprint density at radius 2 is 2.04 bits per heavy atom. The number of amides is 2. The highest BCUT2D eigenvalue weighted by Gasteiger charge is 2.41. The molecule has 0 unspecified atom stereocenters. The van der Waals surface area contributed by atoms with Gasteiger partial charge in [-0.1, -0.05) is 0 Å². The van der Waals surface area contributed by atoms with E-state index in [1.54, 1.807) is 0 Å². The number of anilines is 1. The summed E-state index contributed by atoms with van der Waals surface area (Å²) in [6.45, 7) is 11.2. The first-order valence-electron chi connectivity index (χ1n) is 8.51. The molecule has 2 aliphatic rings. The Morgan fingerprint density at radius 1 is 1.35 bits per heavy atom. The Bertz CT molecular complexity index is 613. The second kappa shape index (κ2) is 5.14. The zero-order valence-corrected chi connectivity index (χ0v) is 14.9. The smallest absolute Gasteiger partial charge is 0.318 e. The molecule has 0 spiro atoms. The van der Waals surface area contributed by atoms with Crippen molar-refractivity contribution in [1.82, 2.24) is 20.0 Å². The fraction of sp³-hybridized carbons (Fsp3) is 0.765. The summed E-state index contributed by atoms with van der Waals surface area (Å²) in [6, 6.07) is 2.38. The molecular formula is C17H29N5O. The van der Waals surface area contributed by atoms with Crippen LogP contribution in [0.1, 0.15) is 65.5 Å². The number of carbonyl (C=O) groups excluding carboxylic acids is 1. The number of nitrogen functional groups attached to an aromatic ring is 1. The van der Waals surface area contributed by atoms with Crippen molar-refractivity contribution in [2.24, 2.45) is 0 Å². The molecule has 6 nitrogen and oxygen atoms in total. The molecular weight excluding hydrogens is 290 g/mol. The van der Waals surface area contributed by atoms with Crippen LogP contribution in [0.2, 0.25) is 0 Å². The number of carbonyl (C=O) groups is 1. The predicted molar refractivity (Wildman–Crippen MR) is 91.3 cm³/mol. The molecule has 1 aromatic rings. The Morgan fingerprint density at radius 3 is 2.57 bits per heavy atom. The molecule has 1 aliphatic carbocycles. The molecule has 23 heavy (non-hydrogen) atoms. The number of hydrogen-bond acceptors (Lipinski definition) is 3. The van der Waals surface area contributed by atoms with Crippen LogP contribution in [-0.2, 0) is 5.54 Å². The van der Waals surface area contributed by atoms with Gasteiger partial charge in [-0.25, -0.2) is 9.48 Å². The van der Waals surface area contributed by atoms with E-state index in [-0.39, 0.29) is 17.1 Å². The lowest BCUT2D eigenvalue weighted by atomic mass is 10.0. The number of aromatic nitrogens is 2. The van der Waals surface area contributed by atoms with Gasteiger partial charge in [0, 0.05) is 24.6 Å². The predicted octanol–water partition coefficient (Wildman–Crippen LogP) is 2.66. The molecule has 3 N–H and O–H groups in total. The van der Waals surface area contributed by atoms with Gasteiger partial charge in [0.1, 0.15) is 5.82 Å². The fourth-order valence-electron chi connectivity index (χ4n) is 3.85. The number of urea groups is 1. The lowest BCUT2D eigenvalue weighted by Crippen LogP contribution is -2.36. The standard InChI is InChI=1S/C17H29N5O/c1-16(2,3)22-14(18)9-13(20-22)11-6-7-12(8-11)21-10-17(4,5)19-15(21)23/h9,11-12H,6-8,10,18H2,1-5H3,(H,19,23)/t11-,12-/m1/s1. The van der Waals surface area contributed by atoms with Crippen LogP contribution in [0.5, 0.6) is 0 Å². The summed E-state index contributed by atoms with van der Waals surface area (Å²) in [6.07, 6.45) is 3.08. The zero-order valence-electron chi connectivity index (χ0n) is 14.9. The molecule has 1 aliphatic heterocycles. The van der Waals surface area contributed by atoms with Crippen LogP contribution in [0.3, 0.4) is 0 Å². The third-order valence-corrected chi connectivity index (χ3v) is 4.93. The van der Waals surface area contributed by atoms with Gasteiger partial charge in [0.25, 0.3) is 0 Å². The lowest BCUT2D eigenvalue weighted by molar-refractivity contribution is 0.197. The minimum atomic E-state index is -0.132. The number of rotatable bonds is 2. The molecule has 1 aromatic heterocycles. The van der Waals surface area contributed by atoms with E-state index in [1.807, 2.05) is 15.6 Å². The molecule has 2 heterocycles. The van der Waals surface area contributed by atoms with Crippen molar-refractivity contribution in [2.75, 3.05) is 12.3 Å². The van der Waals surface area contributed by atoms with Gasteiger partial charge in [-0.05, 0) is 53.9 Å². The van der Waals surface area contributed by atoms with Gasteiger partial charge < -0.3 is 16.0 Å². The van der Waals surface area contributed by atoms with Crippen molar-refractivity contribution < 1.29 is 4.79 Å². The summed E-state index contributed by atoms with van der Waals surface area (Å²) in [5.41, 5.74) is 6.96. The largest absolute Gasteiger partial charge is 0.384 e. The van der Waals surface area contributed by atoms with Crippen LogP contribution in [0.25, 0.3) is 0 Å². The van der Waals surface area contributed by atoms with Gasteiger partial charge in [-0.2, -0.15) is 5.10 Å². The van der Waals surface area contributed by atoms with Crippen LogP contribution in [0.15, 0.2) is 6.07 Å². The highest BCUT2D eigenvalue weighted by molar-refractivity contribution is 5.78. The molecule has 0 radical (unpaired) electrons. The van der Waals surface area contributed by atoms with E-state index in [9.17, 15) is 4.79 Å². The van der Waals surface area contributed by atoms with Crippen LogP contribution in [0.4, 0.5) is 10.6 Å². The van der Waals surface area contributed by atoms with Crippen molar-refractivity contribution in [1.29, 1.82) is 0 Å². The van der Waals surface area contributed by atoms with Crippen molar-refractivity contribution in [3.63, 3.8) is 0 Å². The molecule has 0 aromatic carbocycles. The molecule has 3 rings (SSSR count). The van der Waals surface area contributed by atoms with Crippen molar-refractivity contribution >= 4 is 11.8 Å². The van der Waals surface area contributed by atoms with Gasteiger partial charge in [0.05, 0.1) is 16.8 Å². The summed E-state index contributed by atoms with van der Waals surface area (Å²) in [4.78, 5) is 14.2. The third-order valence-electron chi connectivity index (χ3n) is 4.93. The summed E-state index contributed by atoms with van der Waals surface area (Å²) in [7, 11) is 0. The van der Waals surface area contributed by atoms with Gasteiger partial charge in [-0.3, -0.25) is 0 Å². The number of nitrogens with zero attached hydrogens (tertiary/aromatic N) is 3. The van der Waals surface area contributed by atoms with Gasteiger partial charge in [-0.15, -0.1) is 0 Å². The SMILES string of the molecule is CC1(C)CN([C@@H]2CC[C@@H](c3cc(N)n(C(C)(C)C)n3)C2)C(=O)N1. The van der Waals surface area contributed by atoms with Crippen molar-refractivity contribution in [3.05, 3.63) is 11.8 Å². The van der Waals surface area contributed by atoms with Crippen LogP contribution < -0.4 is 11.1 Å². The first-order chi connectivity index (χ1) is 10.6. The minimum absolute atomic E-state index is 0.0698. The Hall–Kier alpha value is -1.72. The molecule has 2 amide bonds. The fourth-order valence-corrected chi connectivity index (χ4v) is 3.85. The molecule has 2 fully saturated rings. The van der Waals surface area contributed by atoms with Crippen molar-refractivity contribution in [2.45, 2.75) is 76.9 Å². The Balaban J connectivity index is 1.72. The average Bonchev–Trinajstić information content (AvgIpc) is 3.05. The maximum Gasteiger partial charge on any atom is 0.318 e. The number of hydrogen-bond donors (Lipinski definition) is 2. The molecule has 2 atom stereocenters. The van der Waals surface area contributed by atoms with E-state index in [2.05, 4.69) is 39.9 Å². The van der Waals surface area contributed by atoms with E-state index < -0.39 is 0 Å². The topological polar surface area (TPSA) is 76.2 Å². The first-order valence-corrected chi connectivity index (χ1v) is 8.51. The maximum absolute atomic E-state index is 12.2. The quantitative estimate of drug-likeness (QED) is 0.880. The maximum atomic E-state index is 12.2. The van der Waals surface area contributed by atoms with Crippen molar-refractivity contribution in [3.8, 4) is 0 Å². The Kier molecular flexibility index (Phi) is 3.61. The first kappa shape index (κ1) is 16.1. The van der Waals surface area contributed by atoms with E-state index >= 15 is 0 Å². The zero-order chi connectivity index (χ0) is 17.0. The second-order valence-electron chi connectivity index (χ2n) is 8.68. The van der Waals surface area contributed by atoms with Gasteiger partial charge >= 0.3 is 6.03 Å². The van der Waals surface area contributed by atoms with Crippen LogP contribution >= 0.6 is 0 Å². The summed E-state index contributed by atoms with van der Waals surface area (Å²) >= 11 is 0.